The molecule has 0 bridgehead atoms. The van der Waals surface area contributed by atoms with E-state index in [-0.39, 0.29) is 0 Å². The molecule has 1 heteroatoms. The molecule has 0 heterocycles. The van der Waals surface area contributed by atoms with Crippen LogP contribution in [0.3, 0.4) is 0 Å². The molecular weight excluding hydrogens is 208 g/mol. The lowest BCUT2D eigenvalue weighted by Gasteiger charge is -2.04. The molecule has 0 N–H and O–H groups in total. The normalized spacial score (nSPS) is 10.6. The van der Waals surface area contributed by atoms with Crippen molar-refractivity contribution in [1.82, 2.24) is 0 Å². The van der Waals surface area contributed by atoms with Gasteiger partial charge in [0.25, 0.3) is 0 Å². The van der Waals surface area contributed by atoms with Crippen molar-refractivity contribution in [2.45, 2.75) is 45.4 Å². The summed E-state index contributed by atoms with van der Waals surface area (Å²) in [6.45, 7) is 3.89. The smallest absolute Gasteiger partial charge is 0.0541 e. The van der Waals surface area contributed by atoms with E-state index in [1.165, 1.54) is 44.1 Å². The van der Waals surface area contributed by atoms with Gasteiger partial charge in [0.05, 0.1) is 6.61 Å². The lowest BCUT2D eigenvalue weighted by atomic mass is 10.1. The Balaban J connectivity index is 1.85. The minimum Gasteiger partial charge on any atom is -0.381 e. The summed E-state index contributed by atoms with van der Waals surface area (Å²) in [7, 11) is 0. The highest BCUT2D eigenvalue weighted by Crippen LogP contribution is 2.06. The van der Waals surface area contributed by atoms with Crippen molar-refractivity contribution in [3.05, 3.63) is 42.3 Å². The third-order valence-corrected chi connectivity index (χ3v) is 2.88. The first-order valence-electron chi connectivity index (χ1n) is 6.89. The van der Waals surface area contributed by atoms with E-state index in [9.17, 15) is 0 Å². The summed E-state index contributed by atoms with van der Waals surface area (Å²) >= 11 is 0. The Labute approximate surface area is 106 Å². The predicted octanol–water partition coefficient (Wildman–Crippen LogP) is 4.62. The Hall–Kier alpha value is -0.820. The van der Waals surface area contributed by atoms with Crippen LogP contribution in [-0.2, 0) is 4.74 Å². The van der Waals surface area contributed by atoms with Gasteiger partial charge in [0, 0.05) is 13.0 Å². The summed E-state index contributed by atoms with van der Waals surface area (Å²) in [6, 6.07) is 10.4. The minimum atomic E-state index is 0.735. The molecule has 0 fully saturated rings. The van der Waals surface area contributed by atoms with Crippen LogP contribution in [0.15, 0.2) is 30.3 Å². The van der Waals surface area contributed by atoms with Gasteiger partial charge in [0.15, 0.2) is 0 Å². The van der Waals surface area contributed by atoms with Gasteiger partial charge in [-0.1, -0.05) is 69.4 Å². The van der Waals surface area contributed by atoms with Crippen molar-refractivity contribution < 1.29 is 4.74 Å². The number of unbranched alkanes of at least 4 members (excludes halogenated alkanes) is 5. The SMILES string of the molecule is CCCCCCCCOC[CH]c1ccccc1. The average molecular weight is 233 g/mol. The number of benzene rings is 1. The molecule has 0 aliphatic heterocycles. The van der Waals surface area contributed by atoms with E-state index in [4.69, 9.17) is 4.74 Å². The van der Waals surface area contributed by atoms with E-state index in [1.54, 1.807) is 0 Å². The lowest BCUT2D eigenvalue weighted by molar-refractivity contribution is 0.150. The molecule has 1 nitrogen and oxygen atoms in total. The molecule has 0 saturated carbocycles. The fourth-order valence-corrected chi connectivity index (χ4v) is 1.81. The van der Waals surface area contributed by atoms with Gasteiger partial charge in [-0.25, -0.2) is 0 Å². The monoisotopic (exact) mass is 233 g/mol. The van der Waals surface area contributed by atoms with Crippen molar-refractivity contribution in [1.29, 1.82) is 0 Å². The molecule has 1 radical (unpaired) electrons. The molecule has 17 heavy (non-hydrogen) atoms. The van der Waals surface area contributed by atoms with Crippen LogP contribution in [0, 0.1) is 6.42 Å². The van der Waals surface area contributed by atoms with Crippen LogP contribution >= 0.6 is 0 Å². The summed E-state index contributed by atoms with van der Waals surface area (Å²) in [4.78, 5) is 0. The minimum absolute atomic E-state index is 0.735. The zero-order chi connectivity index (χ0) is 12.2. The molecule has 0 aliphatic carbocycles. The first-order valence-corrected chi connectivity index (χ1v) is 6.89. The van der Waals surface area contributed by atoms with E-state index in [2.05, 4.69) is 37.6 Å². The number of hydrogen-bond acceptors (Lipinski definition) is 1. The van der Waals surface area contributed by atoms with E-state index >= 15 is 0 Å². The van der Waals surface area contributed by atoms with Crippen LogP contribution in [0.4, 0.5) is 0 Å². The second kappa shape index (κ2) is 10.3. The Morgan fingerprint density at radius 2 is 1.65 bits per heavy atom. The fraction of sp³-hybridized carbons (Fsp3) is 0.562. The molecule has 95 valence electrons. The highest BCUT2D eigenvalue weighted by atomic mass is 16.5. The summed E-state index contributed by atoms with van der Waals surface area (Å²) in [5.41, 5.74) is 1.25. The van der Waals surface area contributed by atoms with Crippen LogP contribution in [0.1, 0.15) is 51.0 Å². The number of rotatable bonds is 10. The van der Waals surface area contributed by atoms with Crippen molar-refractivity contribution in [2.24, 2.45) is 0 Å². The van der Waals surface area contributed by atoms with Crippen LogP contribution in [0.5, 0.6) is 0 Å². The Kier molecular flexibility index (Phi) is 8.66. The topological polar surface area (TPSA) is 9.23 Å². The summed E-state index contributed by atoms with van der Waals surface area (Å²) in [5.74, 6) is 0. The molecule has 0 amide bonds. The second-order valence-electron chi connectivity index (χ2n) is 4.46. The van der Waals surface area contributed by atoms with Crippen LogP contribution in [0.2, 0.25) is 0 Å². The Bertz CT molecular complexity index is 255. The second-order valence-corrected chi connectivity index (χ2v) is 4.46. The van der Waals surface area contributed by atoms with Gasteiger partial charge in [-0.3, -0.25) is 0 Å². The molecular formula is C16H25O. The zero-order valence-electron chi connectivity index (χ0n) is 11.0. The van der Waals surface area contributed by atoms with Gasteiger partial charge < -0.3 is 4.74 Å². The third-order valence-electron chi connectivity index (χ3n) is 2.88. The molecule has 0 aliphatic rings. The first-order chi connectivity index (χ1) is 8.43. The van der Waals surface area contributed by atoms with E-state index < -0.39 is 0 Å². The van der Waals surface area contributed by atoms with Crippen LogP contribution in [0.25, 0.3) is 0 Å². The van der Waals surface area contributed by atoms with Gasteiger partial charge in [0.1, 0.15) is 0 Å². The van der Waals surface area contributed by atoms with Gasteiger partial charge >= 0.3 is 0 Å². The first kappa shape index (κ1) is 14.2. The lowest BCUT2D eigenvalue weighted by Crippen LogP contribution is -1.98. The van der Waals surface area contributed by atoms with Crippen LogP contribution in [-0.4, -0.2) is 13.2 Å². The van der Waals surface area contributed by atoms with Crippen molar-refractivity contribution >= 4 is 0 Å². The Morgan fingerprint density at radius 3 is 2.41 bits per heavy atom. The van der Waals surface area contributed by atoms with E-state index in [0.29, 0.717) is 0 Å². The number of ether oxygens (including phenoxy) is 1. The van der Waals surface area contributed by atoms with E-state index in [1.807, 2.05) is 6.07 Å². The fourth-order valence-electron chi connectivity index (χ4n) is 1.81. The average Bonchev–Trinajstić information content (AvgIpc) is 2.38. The molecule has 0 unspecified atom stereocenters. The largest absolute Gasteiger partial charge is 0.381 e. The van der Waals surface area contributed by atoms with E-state index in [0.717, 1.165) is 13.2 Å². The maximum atomic E-state index is 5.59. The van der Waals surface area contributed by atoms with Gasteiger partial charge in [0.2, 0.25) is 0 Å². The maximum Gasteiger partial charge on any atom is 0.0541 e. The highest BCUT2D eigenvalue weighted by molar-refractivity contribution is 5.22. The van der Waals surface area contributed by atoms with Crippen molar-refractivity contribution in [3.63, 3.8) is 0 Å². The number of hydrogen-bond donors (Lipinski definition) is 0. The summed E-state index contributed by atoms with van der Waals surface area (Å²) < 4.78 is 5.59. The molecule has 0 atom stereocenters. The predicted molar refractivity (Wildman–Crippen MR) is 74.0 cm³/mol. The van der Waals surface area contributed by atoms with Gasteiger partial charge in [-0.2, -0.15) is 0 Å². The Morgan fingerprint density at radius 1 is 0.941 bits per heavy atom. The maximum absolute atomic E-state index is 5.59. The summed E-state index contributed by atoms with van der Waals surface area (Å²) in [6.07, 6.45) is 10.1. The van der Waals surface area contributed by atoms with Crippen LogP contribution < -0.4 is 0 Å². The summed E-state index contributed by atoms with van der Waals surface area (Å²) in [5, 5.41) is 0. The van der Waals surface area contributed by atoms with Crippen molar-refractivity contribution in [3.8, 4) is 0 Å². The van der Waals surface area contributed by atoms with Gasteiger partial charge in [-0.15, -0.1) is 0 Å². The van der Waals surface area contributed by atoms with Crippen molar-refractivity contribution in [2.75, 3.05) is 13.2 Å². The third kappa shape index (κ3) is 7.98. The molecule has 0 saturated heterocycles. The molecule has 0 spiro atoms. The molecule has 1 rings (SSSR count). The molecule has 0 aromatic heterocycles. The highest BCUT2D eigenvalue weighted by Gasteiger charge is 1.93. The molecule has 1 aromatic rings. The van der Waals surface area contributed by atoms with Gasteiger partial charge in [-0.05, 0) is 12.0 Å². The standard InChI is InChI=1S/C16H25O/c1-2-3-4-5-6-10-14-17-15-13-16-11-8-7-9-12-16/h7-9,11-13H,2-6,10,14-15H2,1H3. The molecule has 1 aromatic carbocycles. The zero-order valence-corrected chi connectivity index (χ0v) is 11.0. The quantitative estimate of drug-likeness (QED) is 0.536.